The number of carbonyl (C=O) groups excluding carboxylic acids is 1. The summed E-state index contributed by atoms with van der Waals surface area (Å²) < 4.78 is 54.2. The summed E-state index contributed by atoms with van der Waals surface area (Å²) in [5.74, 6) is -0.652. The highest BCUT2D eigenvalue weighted by molar-refractivity contribution is 7.90. The molecular weight excluding hydrogens is 543 g/mol. The van der Waals surface area contributed by atoms with E-state index in [1.165, 1.54) is 50.3 Å². The number of nitrogens with one attached hydrogen (secondary N) is 3. The third-order valence-corrected chi connectivity index (χ3v) is 6.87. The van der Waals surface area contributed by atoms with Crippen LogP contribution < -0.4 is 25.1 Å². The van der Waals surface area contributed by atoms with E-state index in [1.54, 1.807) is 30.7 Å². The Morgan fingerprint density at radius 1 is 1.12 bits per heavy atom. The lowest BCUT2D eigenvalue weighted by Crippen LogP contribution is -2.27. The van der Waals surface area contributed by atoms with Crippen molar-refractivity contribution in [3.8, 4) is 5.75 Å². The average Bonchev–Trinajstić information content (AvgIpc) is 2.92. The number of rotatable bonds is 10. The summed E-state index contributed by atoms with van der Waals surface area (Å²) in [6.45, 7) is 0.516. The lowest BCUT2D eigenvalue weighted by Gasteiger charge is -2.15. The van der Waals surface area contributed by atoms with Gasteiger partial charge in [0.05, 0.1) is 11.4 Å². The first-order valence-corrected chi connectivity index (χ1v) is 13.5. The van der Waals surface area contributed by atoms with Gasteiger partial charge in [0.25, 0.3) is 10.2 Å². The van der Waals surface area contributed by atoms with Crippen LogP contribution in [0.3, 0.4) is 0 Å². The lowest BCUT2D eigenvalue weighted by molar-refractivity contribution is 0.172. The van der Waals surface area contributed by atoms with Gasteiger partial charge in [0.1, 0.15) is 11.3 Å². The molecule has 0 spiro atoms. The first-order chi connectivity index (χ1) is 19.1. The molecule has 2 aromatic heterocycles. The molecule has 0 radical (unpaired) electrons. The minimum Gasteiger partial charge on any atom is -0.422 e. The SMILES string of the molecule is CNS(=O)(=O)Nc1cccc(Cc2c(CNCc3cnccn3)c3ccc(OC(=O)N(C)C)cc3oc2=O)c1F. The highest BCUT2D eigenvalue weighted by Gasteiger charge is 2.20. The third-order valence-electron chi connectivity index (χ3n) is 5.85. The minimum atomic E-state index is -3.97. The number of carbonyl (C=O) groups is 1. The van der Waals surface area contributed by atoms with E-state index in [0.717, 1.165) is 0 Å². The van der Waals surface area contributed by atoms with Crippen LogP contribution in [0.5, 0.6) is 5.75 Å². The molecule has 0 atom stereocenters. The van der Waals surface area contributed by atoms with Gasteiger partial charge < -0.3 is 19.4 Å². The maximum atomic E-state index is 15.3. The average molecular weight is 571 g/mol. The number of amides is 1. The van der Waals surface area contributed by atoms with Crippen molar-refractivity contribution in [2.45, 2.75) is 19.5 Å². The number of nitrogens with zero attached hydrogens (tertiary/aromatic N) is 3. The van der Waals surface area contributed by atoms with Crippen LogP contribution in [0.25, 0.3) is 11.0 Å². The fourth-order valence-corrected chi connectivity index (χ4v) is 4.39. The van der Waals surface area contributed by atoms with Crippen molar-refractivity contribution in [3.63, 3.8) is 0 Å². The van der Waals surface area contributed by atoms with Gasteiger partial charge in [-0.15, -0.1) is 0 Å². The molecule has 210 valence electrons. The van der Waals surface area contributed by atoms with Gasteiger partial charge in [-0.2, -0.15) is 8.42 Å². The highest BCUT2D eigenvalue weighted by Crippen LogP contribution is 2.28. The smallest absolute Gasteiger partial charge is 0.414 e. The van der Waals surface area contributed by atoms with Gasteiger partial charge in [-0.05, 0) is 29.3 Å². The number of hydrogen-bond acceptors (Lipinski definition) is 9. The van der Waals surface area contributed by atoms with Gasteiger partial charge >= 0.3 is 11.7 Å². The van der Waals surface area contributed by atoms with Crippen LogP contribution in [0.15, 0.2) is 64.2 Å². The molecule has 0 saturated heterocycles. The second kappa shape index (κ2) is 12.2. The zero-order chi connectivity index (χ0) is 28.9. The summed E-state index contributed by atoms with van der Waals surface area (Å²) in [4.78, 5) is 34.7. The van der Waals surface area contributed by atoms with E-state index in [2.05, 4.69) is 24.7 Å². The predicted octanol–water partition coefficient (Wildman–Crippen LogP) is 2.54. The first-order valence-electron chi connectivity index (χ1n) is 12.0. The van der Waals surface area contributed by atoms with E-state index in [1.807, 2.05) is 0 Å². The fourth-order valence-electron chi connectivity index (χ4n) is 3.84. The van der Waals surface area contributed by atoms with Crippen molar-refractivity contribution in [3.05, 3.63) is 93.6 Å². The lowest BCUT2D eigenvalue weighted by atomic mass is 9.97. The van der Waals surface area contributed by atoms with Gasteiger partial charge in [-0.25, -0.2) is 18.7 Å². The van der Waals surface area contributed by atoms with E-state index in [9.17, 15) is 18.0 Å². The van der Waals surface area contributed by atoms with Gasteiger partial charge in [0.2, 0.25) is 0 Å². The van der Waals surface area contributed by atoms with E-state index >= 15 is 4.39 Å². The van der Waals surface area contributed by atoms with Crippen molar-refractivity contribution < 1.29 is 26.8 Å². The van der Waals surface area contributed by atoms with Gasteiger partial charge in [0.15, 0.2) is 5.82 Å². The molecule has 0 saturated carbocycles. The van der Waals surface area contributed by atoms with E-state index in [0.29, 0.717) is 23.2 Å². The Balaban J connectivity index is 1.74. The largest absolute Gasteiger partial charge is 0.422 e. The third kappa shape index (κ3) is 6.77. The molecule has 12 nitrogen and oxygen atoms in total. The van der Waals surface area contributed by atoms with Gasteiger partial charge in [-0.3, -0.25) is 14.7 Å². The molecule has 2 heterocycles. The second-order valence-corrected chi connectivity index (χ2v) is 10.5. The van der Waals surface area contributed by atoms with Crippen LogP contribution in [-0.2, 0) is 29.7 Å². The molecule has 4 aromatic rings. The quantitative estimate of drug-likeness (QED) is 0.244. The Morgan fingerprint density at radius 3 is 2.62 bits per heavy atom. The summed E-state index contributed by atoms with van der Waals surface area (Å²) in [6.07, 6.45) is 3.93. The normalized spacial score (nSPS) is 11.4. The highest BCUT2D eigenvalue weighted by atomic mass is 32.2. The topological polar surface area (TPSA) is 156 Å². The monoisotopic (exact) mass is 570 g/mol. The molecule has 0 fully saturated rings. The summed E-state index contributed by atoms with van der Waals surface area (Å²) in [6, 6.07) is 8.85. The van der Waals surface area contributed by atoms with Crippen LogP contribution >= 0.6 is 0 Å². The summed E-state index contributed by atoms with van der Waals surface area (Å²) >= 11 is 0. The number of hydrogen-bond donors (Lipinski definition) is 3. The van der Waals surface area contributed by atoms with Crippen molar-refractivity contribution in [1.29, 1.82) is 0 Å². The second-order valence-electron chi connectivity index (χ2n) is 8.83. The molecule has 40 heavy (non-hydrogen) atoms. The Kier molecular flexibility index (Phi) is 8.72. The van der Waals surface area contributed by atoms with Crippen molar-refractivity contribution >= 4 is 33.0 Å². The zero-order valence-corrected chi connectivity index (χ0v) is 22.7. The maximum Gasteiger partial charge on any atom is 0.414 e. The first kappa shape index (κ1) is 28.6. The molecular formula is C26H27FN6O6S. The molecule has 0 aliphatic rings. The van der Waals surface area contributed by atoms with Crippen LogP contribution in [0.1, 0.15) is 22.4 Å². The Bertz CT molecular complexity index is 1700. The molecule has 4 rings (SSSR count). The van der Waals surface area contributed by atoms with Crippen LogP contribution in [-0.4, -0.2) is 50.5 Å². The van der Waals surface area contributed by atoms with Crippen LogP contribution in [0.4, 0.5) is 14.9 Å². The van der Waals surface area contributed by atoms with Crippen molar-refractivity contribution in [2.24, 2.45) is 0 Å². The van der Waals surface area contributed by atoms with E-state index in [4.69, 9.17) is 9.15 Å². The van der Waals surface area contributed by atoms with E-state index < -0.39 is 27.7 Å². The molecule has 0 aliphatic carbocycles. The van der Waals surface area contributed by atoms with E-state index in [-0.39, 0.29) is 41.1 Å². The zero-order valence-electron chi connectivity index (χ0n) is 21.9. The molecule has 0 aliphatic heterocycles. The fraction of sp³-hybridized carbons (Fsp3) is 0.231. The standard InChI is InChI=1S/C26H27FN6O6S/c1-28-40(36,37)32-22-6-4-5-16(24(22)27)11-20-21(15-30-14-17-13-29-9-10-31-17)19-8-7-18(38-26(35)33(2)3)12-23(19)39-25(20)34/h4-10,12-13,28,30,32H,11,14-15H2,1-3H3. The summed E-state index contributed by atoms with van der Waals surface area (Å²) in [5.41, 5.74) is 0.627. The van der Waals surface area contributed by atoms with Crippen molar-refractivity contribution in [2.75, 3.05) is 25.9 Å². The molecule has 3 N–H and O–H groups in total. The molecule has 0 bridgehead atoms. The number of halogens is 1. The molecule has 1 amide bonds. The number of anilines is 1. The number of benzene rings is 2. The number of aromatic nitrogens is 2. The predicted molar refractivity (Wildman–Crippen MR) is 146 cm³/mol. The van der Waals surface area contributed by atoms with Gasteiger partial charge in [-0.1, -0.05) is 12.1 Å². The Morgan fingerprint density at radius 2 is 1.93 bits per heavy atom. The maximum absolute atomic E-state index is 15.3. The molecule has 0 unspecified atom stereocenters. The Labute approximate surface area is 229 Å². The number of fused-ring (bicyclic) bond motifs is 1. The molecule has 2 aromatic carbocycles. The van der Waals surface area contributed by atoms with Crippen molar-refractivity contribution in [1.82, 2.24) is 24.9 Å². The Hall–Kier alpha value is -4.40. The summed E-state index contributed by atoms with van der Waals surface area (Å²) in [5, 5.41) is 3.76. The van der Waals surface area contributed by atoms with Crippen LogP contribution in [0.2, 0.25) is 0 Å². The minimum absolute atomic E-state index is 0.0784. The van der Waals surface area contributed by atoms with Crippen LogP contribution in [0, 0.1) is 5.82 Å². The molecule has 14 heteroatoms. The van der Waals surface area contributed by atoms with Gasteiger partial charge in [0, 0.05) is 76.3 Å². The summed E-state index contributed by atoms with van der Waals surface area (Å²) in [7, 11) is 0.298. The number of ether oxygens (including phenoxy) is 1.